The molecule has 2 rings (SSSR count). The number of phenolic OH excluding ortho intramolecular Hbond substituents is 1. The van der Waals surface area contributed by atoms with Gasteiger partial charge in [0.1, 0.15) is 5.75 Å². The van der Waals surface area contributed by atoms with Gasteiger partial charge in [0.05, 0.1) is 0 Å². The zero-order valence-corrected chi connectivity index (χ0v) is 8.02. The van der Waals surface area contributed by atoms with Crippen molar-refractivity contribution in [1.29, 1.82) is 0 Å². The van der Waals surface area contributed by atoms with Crippen LogP contribution in [0.15, 0.2) is 29.4 Å². The van der Waals surface area contributed by atoms with E-state index in [4.69, 9.17) is 14.7 Å². The number of aromatic hydroxyl groups is 1. The third-order valence-electron chi connectivity index (χ3n) is 1.81. The molecule has 0 unspecified atom stereocenters. The van der Waals surface area contributed by atoms with Crippen LogP contribution in [-0.2, 0) is 9.57 Å². The molecule has 14 heavy (non-hydrogen) atoms. The Balaban J connectivity index is 2.22. The Morgan fingerprint density at radius 1 is 1.21 bits per heavy atom. The molecule has 1 heterocycles. The number of hydrogen-bond donors (Lipinski definition) is 1. The van der Waals surface area contributed by atoms with Crippen molar-refractivity contribution < 1.29 is 14.7 Å². The molecule has 0 saturated heterocycles. The third-order valence-corrected chi connectivity index (χ3v) is 1.81. The lowest BCUT2D eigenvalue weighted by molar-refractivity contribution is -0.128. The van der Waals surface area contributed by atoms with Crippen LogP contribution in [0.3, 0.4) is 0 Å². The highest BCUT2D eigenvalue weighted by Gasteiger charge is 2.30. The van der Waals surface area contributed by atoms with E-state index in [1.54, 1.807) is 38.1 Å². The number of oxime groups is 1. The average Bonchev–Trinajstić information content (AvgIpc) is 2.47. The van der Waals surface area contributed by atoms with E-state index >= 15 is 0 Å². The normalized spacial score (nSPS) is 18.3. The summed E-state index contributed by atoms with van der Waals surface area (Å²) in [5.41, 5.74) is 0.786. The van der Waals surface area contributed by atoms with Crippen molar-refractivity contribution in [2.75, 3.05) is 0 Å². The van der Waals surface area contributed by atoms with Gasteiger partial charge in [-0.15, -0.1) is 0 Å². The van der Waals surface area contributed by atoms with Gasteiger partial charge < -0.3 is 14.7 Å². The fourth-order valence-electron chi connectivity index (χ4n) is 1.14. The van der Waals surface area contributed by atoms with Gasteiger partial charge in [0.2, 0.25) is 0 Å². The van der Waals surface area contributed by atoms with E-state index < -0.39 is 5.79 Å². The summed E-state index contributed by atoms with van der Waals surface area (Å²) in [6, 6.07) is 6.59. The molecule has 0 bridgehead atoms. The van der Waals surface area contributed by atoms with Gasteiger partial charge in [-0.05, 0) is 29.4 Å². The summed E-state index contributed by atoms with van der Waals surface area (Å²) in [7, 11) is 0. The number of ether oxygens (including phenoxy) is 1. The SMILES string of the molecule is CC1(C)ON=C(c2ccc(O)cc2)O1. The summed E-state index contributed by atoms with van der Waals surface area (Å²) in [5.74, 6) is -0.0461. The first-order chi connectivity index (χ1) is 6.57. The molecule has 1 aliphatic rings. The van der Waals surface area contributed by atoms with Crippen LogP contribution < -0.4 is 0 Å². The molecule has 1 aromatic carbocycles. The van der Waals surface area contributed by atoms with Crippen LogP contribution in [0.1, 0.15) is 19.4 Å². The van der Waals surface area contributed by atoms with Gasteiger partial charge in [-0.25, -0.2) is 0 Å². The van der Waals surface area contributed by atoms with Crippen molar-refractivity contribution in [3.63, 3.8) is 0 Å². The molecular weight excluding hydrogens is 182 g/mol. The van der Waals surface area contributed by atoms with Crippen LogP contribution in [0.25, 0.3) is 0 Å². The summed E-state index contributed by atoms with van der Waals surface area (Å²) in [4.78, 5) is 5.04. The maximum absolute atomic E-state index is 9.09. The average molecular weight is 193 g/mol. The van der Waals surface area contributed by atoms with Crippen LogP contribution in [0.4, 0.5) is 0 Å². The van der Waals surface area contributed by atoms with Crippen LogP contribution >= 0.6 is 0 Å². The lowest BCUT2D eigenvalue weighted by atomic mass is 10.2. The minimum absolute atomic E-state index is 0.215. The van der Waals surface area contributed by atoms with E-state index in [2.05, 4.69) is 5.16 Å². The van der Waals surface area contributed by atoms with Crippen molar-refractivity contribution in [3.8, 4) is 5.75 Å². The Morgan fingerprint density at radius 2 is 1.86 bits per heavy atom. The molecule has 1 N–H and O–H groups in total. The fourth-order valence-corrected chi connectivity index (χ4v) is 1.14. The minimum Gasteiger partial charge on any atom is -0.508 e. The number of benzene rings is 1. The smallest absolute Gasteiger partial charge is 0.271 e. The van der Waals surface area contributed by atoms with Crippen LogP contribution in [-0.4, -0.2) is 16.8 Å². The lowest BCUT2D eigenvalue weighted by Gasteiger charge is -2.14. The molecule has 0 atom stereocenters. The predicted octanol–water partition coefficient (Wildman–Crippen LogP) is 1.84. The minimum atomic E-state index is -0.701. The topological polar surface area (TPSA) is 51.0 Å². The standard InChI is InChI=1S/C10H11NO3/c1-10(2)13-9(11-14-10)7-3-5-8(12)6-4-7/h3-6,12H,1-2H3. The molecule has 0 fully saturated rings. The van der Waals surface area contributed by atoms with E-state index in [0.29, 0.717) is 5.90 Å². The molecule has 0 amide bonds. The Hall–Kier alpha value is -1.71. The van der Waals surface area contributed by atoms with Crippen molar-refractivity contribution in [2.24, 2.45) is 5.16 Å². The number of rotatable bonds is 1. The van der Waals surface area contributed by atoms with Gasteiger partial charge in [-0.1, -0.05) is 0 Å². The van der Waals surface area contributed by atoms with Gasteiger partial charge in [-0.3, -0.25) is 0 Å². The van der Waals surface area contributed by atoms with E-state index in [0.717, 1.165) is 5.56 Å². The first-order valence-electron chi connectivity index (χ1n) is 4.31. The number of nitrogens with zero attached hydrogens (tertiary/aromatic N) is 1. The van der Waals surface area contributed by atoms with Crippen molar-refractivity contribution >= 4 is 5.90 Å². The van der Waals surface area contributed by atoms with E-state index in [9.17, 15) is 0 Å². The maximum atomic E-state index is 9.09. The second-order valence-electron chi connectivity index (χ2n) is 3.54. The molecule has 1 aromatic rings. The summed E-state index contributed by atoms with van der Waals surface area (Å²) in [5, 5.41) is 12.9. The Bertz CT molecular complexity index is 367. The van der Waals surface area contributed by atoms with Gasteiger partial charge in [0.25, 0.3) is 11.7 Å². The predicted molar refractivity (Wildman–Crippen MR) is 50.9 cm³/mol. The Labute approximate surface area is 81.8 Å². The Morgan fingerprint density at radius 3 is 2.36 bits per heavy atom. The molecule has 1 aliphatic heterocycles. The molecule has 0 spiro atoms. The molecule has 0 radical (unpaired) electrons. The van der Waals surface area contributed by atoms with Gasteiger partial charge in [0.15, 0.2) is 0 Å². The second-order valence-corrected chi connectivity index (χ2v) is 3.54. The maximum Gasteiger partial charge on any atom is 0.271 e. The zero-order valence-electron chi connectivity index (χ0n) is 8.02. The van der Waals surface area contributed by atoms with Crippen molar-refractivity contribution in [1.82, 2.24) is 0 Å². The van der Waals surface area contributed by atoms with E-state index in [1.165, 1.54) is 0 Å². The fraction of sp³-hybridized carbons (Fsp3) is 0.300. The van der Waals surface area contributed by atoms with Crippen LogP contribution in [0.2, 0.25) is 0 Å². The first kappa shape index (κ1) is 8.87. The summed E-state index contributed by atoms with van der Waals surface area (Å²) in [6.45, 7) is 3.56. The molecule has 4 heteroatoms. The number of hydrogen-bond acceptors (Lipinski definition) is 4. The van der Waals surface area contributed by atoms with E-state index in [1.807, 2.05) is 0 Å². The zero-order chi connectivity index (χ0) is 10.2. The lowest BCUT2D eigenvalue weighted by Crippen LogP contribution is -2.22. The third kappa shape index (κ3) is 1.64. The van der Waals surface area contributed by atoms with Crippen LogP contribution in [0.5, 0.6) is 5.75 Å². The number of phenols is 1. The highest BCUT2D eigenvalue weighted by Crippen LogP contribution is 2.23. The van der Waals surface area contributed by atoms with Gasteiger partial charge in [-0.2, -0.15) is 0 Å². The Kier molecular flexibility index (Phi) is 1.84. The molecule has 0 aliphatic carbocycles. The molecule has 0 aromatic heterocycles. The second kappa shape index (κ2) is 2.90. The van der Waals surface area contributed by atoms with Gasteiger partial charge >= 0.3 is 0 Å². The highest BCUT2D eigenvalue weighted by molar-refractivity contribution is 5.94. The first-order valence-corrected chi connectivity index (χ1v) is 4.31. The molecule has 4 nitrogen and oxygen atoms in total. The molecule has 74 valence electrons. The van der Waals surface area contributed by atoms with E-state index in [-0.39, 0.29) is 5.75 Å². The van der Waals surface area contributed by atoms with Gasteiger partial charge in [0, 0.05) is 19.4 Å². The summed E-state index contributed by atoms with van der Waals surface area (Å²) in [6.07, 6.45) is 0. The largest absolute Gasteiger partial charge is 0.508 e. The summed E-state index contributed by atoms with van der Waals surface area (Å²) < 4.78 is 5.42. The monoisotopic (exact) mass is 193 g/mol. The molecular formula is C10H11NO3. The van der Waals surface area contributed by atoms with Crippen LogP contribution in [0, 0.1) is 0 Å². The van der Waals surface area contributed by atoms with Crippen molar-refractivity contribution in [3.05, 3.63) is 29.8 Å². The quantitative estimate of drug-likeness (QED) is 0.740. The molecule has 0 saturated carbocycles. The highest BCUT2D eigenvalue weighted by atomic mass is 16.8. The summed E-state index contributed by atoms with van der Waals surface area (Å²) >= 11 is 0. The van der Waals surface area contributed by atoms with Crippen molar-refractivity contribution in [2.45, 2.75) is 19.6 Å².